The summed E-state index contributed by atoms with van der Waals surface area (Å²) >= 11 is 3.49. The lowest BCUT2D eigenvalue weighted by Crippen LogP contribution is -2.30. The second-order valence-corrected chi connectivity index (χ2v) is 5.54. The van der Waals surface area contributed by atoms with Gasteiger partial charge in [-0.1, -0.05) is 12.1 Å². The van der Waals surface area contributed by atoms with Crippen molar-refractivity contribution in [2.75, 3.05) is 0 Å². The quantitative estimate of drug-likeness (QED) is 0.568. The Morgan fingerprint density at radius 2 is 2.35 bits per heavy atom. The fraction of sp³-hybridized carbons (Fsp3) is 0.214. The summed E-state index contributed by atoms with van der Waals surface area (Å²) in [6.07, 6.45) is 4.35. The molecule has 0 spiro atoms. The fourth-order valence-electron chi connectivity index (χ4n) is 2.24. The second kappa shape index (κ2) is 5.40. The van der Waals surface area contributed by atoms with Crippen LogP contribution in [0.4, 0.5) is 0 Å². The van der Waals surface area contributed by atoms with E-state index in [1.807, 2.05) is 42.1 Å². The van der Waals surface area contributed by atoms with Gasteiger partial charge in [-0.3, -0.25) is 5.84 Å². The van der Waals surface area contributed by atoms with Crippen molar-refractivity contribution in [3.05, 3.63) is 52.7 Å². The van der Waals surface area contributed by atoms with E-state index in [9.17, 15) is 0 Å². The fourth-order valence-corrected chi connectivity index (χ4v) is 2.70. The first-order valence-electron chi connectivity index (χ1n) is 6.29. The number of rotatable bonds is 4. The van der Waals surface area contributed by atoms with Gasteiger partial charge in [-0.05, 0) is 28.1 Å². The van der Waals surface area contributed by atoms with E-state index in [0.29, 0.717) is 6.42 Å². The maximum absolute atomic E-state index is 5.91. The zero-order valence-electron chi connectivity index (χ0n) is 11.0. The summed E-state index contributed by atoms with van der Waals surface area (Å²) in [7, 11) is 1.96. The topological polar surface area (TPSA) is 69.0 Å². The van der Waals surface area contributed by atoms with Crippen LogP contribution in [0.15, 0.2) is 45.5 Å². The summed E-state index contributed by atoms with van der Waals surface area (Å²) in [5, 5.41) is 1.05. The minimum absolute atomic E-state index is 0.115. The third-order valence-electron chi connectivity index (χ3n) is 3.37. The van der Waals surface area contributed by atoms with Gasteiger partial charge in [-0.2, -0.15) is 0 Å². The Morgan fingerprint density at radius 3 is 3.00 bits per heavy atom. The number of nitrogens with one attached hydrogen (secondary N) is 1. The van der Waals surface area contributed by atoms with E-state index in [0.717, 1.165) is 27.0 Å². The van der Waals surface area contributed by atoms with Crippen molar-refractivity contribution in [2.45, 2.75) is 12.5 Å². The number of aryl methyl sites for hydroxylation is 1. The first-order valence-corrected chi connectivity index (χ1v) is 7.08. The van der Waals surface area contributed by atoms with Gasteiger partial charge < -0.3 is 8.98 Å². The molecule has 0 aliphatic heterocycles. The Balaban J connectivity index is 1.95. The number of nitrogens with two attached hydrogens (primary N) is 1. The summed E-state index contributed by atoms with van der Waals surface area (Å²) < 4.78 is 8.83. The zero-order valence-corrected chi connectivity index (χ0v) is 12.6. The molecule has 0 aliphatic rings. The number of halogens is 1. The van der Waals surface area contributed by atoms with E-state index in [4.69, 9.17) is 10.3 Å². The molecule has 0 bridgehead atoms. The maximum atomic E-state index is 5.91. The summed E-state index contributed by atoms with van der Waals surface area (Å²) in [6.45, 7) is 0. The number of hydrazine groups is 1. The van der Waals surface area contributed by atoms with E-state index >= 15 is 0 Å². The van der Waals surface area contributed by atoms with Crippen LogP contribution < -0.4 is 11.3 Å². The van der Waals surface area contributed by atoms with E-state index in [1.165, 1.54) is 0 Å². The van der Waals surface area contributed by atoms with Gasteiger partial charge >= 0.3 is 0 Å². The van der Waals surface area contributed by atoms with Crippen molar-refractivity contribution in [1.29, 1.82) is 0 Å². The van der Waals surface area contributed by atoms with Gasteiger partial charge in [0, 0.05) is 31.2 Å². The maximum Gasteiger partial charge on any atom is 0.148 e. The number of para-hydroxylation sites is 1. The largest absolute Gasteiger partial charge is 0.458 e. The smallest absolute Gasteiger partial charge is 0.148 e. The summed E-state index contributed by atoms with van der Waals surface area (Å²) in [5.41, 5.74) is 3.64. The van der Waals surface area contributed by atoms with Crippen molar-refractivity contribution >= 4 is 26.9 Å². The molecule has 0 saturated heterocycles. The Morgan fingerprint density at radius 1 is 1.50 bits per heavy atom. The predicted molar refractivity (Wildman–Crippen MR) is 80.9 cm³/mol. The van der Waals surface area contributed by atoms with Crippen molar-refractivity contribution < 1.29 is 4.42 Å². The molecular formula is C14H15BrN4O. The molecule has 0 radical (unpaired) electrons. The van der Waals surface area contributed by atoms with Crippen molar-refractivity contribution in [2.24, 2.45) is 12.9 Å². The molecule has 0 amide bonds. The summed E-state index contributed by atoms with van der Waals surface area (Å²) in [6, 6.07) is 7.85. The molecule has 2 heterocycles. The van der Waals surface area contributed by atoms with Gasteiger partial charge in [0.25, 0.3) is 0 Å². The van der Waals surface area contributed by atoms with Gasteiger partial charge in [-0.15, -0.1) is 0 Å². The van der Waals surface area contributed by atoms with E-state index in [2.05, 4.69) is 26.3 Å². The first-order chi connectivity index (χ1) is 9.69. The van der Waals surface area contributed by atoms with Gasteiger partial charge in [0.2, 0.25) is 0 Å². The Hall–Kier alpha value is -1.63. The summed E-state index contributed by atoms with van der Waals surface area (Å²) in [5.74, 6) is 7.43. The number of furan rings is 1. The van der Waals surface area contributed by atoms with Gasteiger partial charge in [0.15, 0.2) is 0 Å². The molecule has 104 valence electrons. The Kier molecular flexibility index (Phi) is 3.60. The number of imidazole rings is 1. The van der Waals surface area contributed by atoms with Crippen LogP contribution in [0.5, 0.6) is 0 Å². The predicted octanol–water partition coefficient (Wildman–Crippen LogP) is 2.68. The SMILES string of the molecule is Cn1ccnc1CC(NN)c1cc2cccc(Br)c2o1. The van der Waals surface area contributed by atoms with Crippen LogP contribution in [0.1, 0.15) is 17.6 Å². The van der Waals surface area contributed by atoms with Crippen LogP contribution in [-0.2, 0) is 13.5 Å². The normalized spacial score (nSPS) is 12.9. The average Bonchev–Trinajstić information content (AvgIpc) is 3.03. The van der Waals surface area contributed by atoms with Crippen LogP contribution >= 0.6 is 15.9 Å². The van der Waals surface area contributed by atoms with E-state index < -0.39 is 0 Å². The molecular weight excluding hydrogens is 320 g/mol. The van der Waals surface area contributed by atoms with Crippen molar-refractivity contribution in [3.8, 4) is 0 Å². The monoisotopic (exact) mass is 334 g/mol. The molecule has 1 unspecified atom stereocenters. The van der Waals surface area contributed by atoms with Crippen LogP contribution in [0.2, 0.25) is 0 Å². The summed E-state index contributed by atoms with van der Waals surface area (Å²) in [4.78, 5) is 4.32. The third kappa shape index (κ3) is 2.37. The van der Waals surface area contributed by atoms with Crippen molar-refractivity contribution in [1.82, 2.24) is 15.0 Å². The Labute approximate surface area is 124 Å². The van der Waals surface area contributed by atoms with Gasteiger partial charge in [0.05, 0.1) is 10.5 Å². The number of hydrogen-bond donors (Lipinski definition) is 2. The molecule has 0 fully saturated rings. The minimum Gasteiger partial charge on any atom is -0.458 e. The first kappa shape index (κ1) is 13.4. The van der Waals surface area contributed by atoms with E-state index in [-0.39, 0.29) is 6.04 Å². The third-order valence-corrected chi connectivity index (χ3v) is 3.99. The number of fused-ring (bicyclic) bond motifs is 1. The highest BCUT2D eigenvalue weighted by Gasteiger charge is 2.18. The van der Waals surface area contributed by atoms with Crippen LogP contribution in [0, 0.1) is 0 Å². The van der Waals surface area contributed by atoms with E-state index in [1.54, 1.807) is 6.20 Å². The molecule has 0 saturated carbocycles. The lowest BCUT2D eigenvalue weighted by Gasteiger charge is -2.12. The minimum atomic E-state index is -0.115. The molecule has 0 aliphatic carbocycles. The molecule has 1 aromatic carbocycles. The number of nitrogens with zero attached hydrogens (tertiary/aromatic N) is 2. The number of benzene rings is 1. The van der Waals surface area contributed by atoms with Gasteiger partial charge in [-0.25, -0.2) is 10.4 Å². The second-order valence-electron chi connectivity index (χ2n) is 4.68. The molecule has 20 heavy (non-hydrogen) atoms. The highest BCUT2D eigenvalue weighted by atomic mass is 79.9. The average molecular weight is 335 g/mol. The molecule has 6 heteroatoms. The zero-order chi connectivity index (χ0) is 14.1. The van der Waals surface area contributed by atoms with Crippen molar-refractivity contribution in [3.63, 3.8) is 0 Å². The highest BCUT2D eigenvalue weighted by molar-refractivity contribution is 9.10. The lowest BCUT2D eigenvalue weighted by atomic mass is 10.1. The highest BCUT2D eigenvalue weighted by Crippen LogP contribution is 2.30. The molecule has 1 atom stereocenters. The Bertz CT molecular complexity index is 734. The molecule has 5 nitrogen and oxygen atoms in total. The number of aromatic nitrogens is 2. The molecule has 3 aromatic rings. The number of hydrogen-bond acceptors (Lipinski definition) is 4. The lowest BCUT2D eigenvalue weighted by molar-refractivity contribution is 0.425. The molecule has 3 rings (SSSR count). The standard InChI is InChI=1S/C14H15BrN4O/c1-19-6-5-17-13(19)8-11(18-16)12-7-9-3-2-4-10(15)14(9)20-12/h2-7,11,18H,8,16H2,1H3. The van der Waals surface area contributed by atoms with Gasteiger partial charge in [0.1, 0.15) is 17.2 Å². The van der Waals surface area contributed by atoms with Crippen LogP contribution in [0.3, 0.4) is 0 Å². The van der Waals surface area contributed by atoms with Crippen LogP contribution in [-0.4, -0.2) is 9.55 Å². The molecule has 3 N–H and O–H groups in total. The molecule has 2 aromatic heterocycles. The van der Waals surface area contributed by atoms with Crippen LogP contribution in [0.25, 0.3) is 11.0 Å².